The second kappa shape index (κ2) is 7.21. The van der Waals surface area contributed by atoms with Crippen LogP contribution >= 0.6 is 0 Å². The third-order valence-electron chi connectivity index (χ3n) is 4.73. The summed E-state index contributed by atoms with van der Waals surface area (Å²) in [6, 6.07) is 7.46. The lowest BCUT2D eigenvalue weighted by Gasteiger charge is -2.21. The van der Waals surface area contributed by atoms with Gasteiger partial charge < -0.3 is 4.90 Å². The van der Waals surface area contributed by atoms with Gasteiger partial charge in [-0.1, -0.05) is 6.07 Å². The summed E-state index contributed by atoms with van der Waals surface area (Å²) in [6.07, 6.45) is 6.53. The van der Waals surface area contributed by atoms with Crippen LogP contribution in [0.2, 0.25) is 0 Å². The third kappa shape index (κ3) is 3.43. The fraction of sp³-hybridized carbons (Fsp3) is 0.368. The Morgan fingerprint density at radius 1 is 1.15 bits per heavy atom. The van der Waals surface area contributed by atoms with Crippen molar-refractivity contribution in [2.24, 2.45) is 0 Å². The van der Waals surface area contributed by atoms with E-state index >= 15 is 0 Å². The van der Waals surface area contributed by atoms with Crippen LogP contribution in [0.5, 0.6) is 0 Å². The Kier molecular flexibility index (Phi) is 4.62. The standard InChI is InChI=1S/C19H22N6O/c1-15-5-2-6-17(22-15)19(26)24-9-4-8-23(11-12-24)14-16-13-21-25-10-3-7-20-18(16)25/h2-3,5-7,10,13H,4,8-9,11-12,14H2,1H3. The zero-order valence-electron chi connectivity index (χ0n) is 14.9. The van der Waals surface area contributed by atoms with Crippen LogP contribution in [0.25, 0.3) is 5.65 Å². The molecule has 1 amide bonds. The molecule has 3 aromatic rings. The van der Waals surface area contributed by atoms with Gasteiger partial charge in [0.05, 0.1) is 6.20 Å². The van der Waals surface area contributed by atoms with Gasteiger partial charge in [0.15, 0.2) is 5.65 Å². The molecule has 0 atom stereocenters. The Balaban J connectivity index is 1.42. The van der Waals surface area contributed by atoms with Crippen molar-refractivity contribution in [3.8, 4) is 0 Å². The number of fused-ring (bicyclic) bond motifs is 1. The van der Waals surface area contributed by atoms with Gasteiger partial charge in [0.1, 0.15) is 5.69 Å². The van der Waals surface area contributed by atoms with E-state index in [1.165, 1.54) is 0 Å². The second-order valence-corrected chi connectivity index (χ2v) is 6.64. The van der Waals surface area contributed by atoms with E-state index in [0.29, 0.717) is 12.2 Å². The van der Waals surface area contributed by atoms with Gasteiger partial charge in [-0.05, 0) is 31.5 Å². The summed E-state index contributed by atoms with van der Waals surface area (Å²) in [4.78, 5) is 25.8. The number of rotatable bonds is 3. The van der Waals surface area contributed by atoms with Crippen molar-refractivity contribution >= 4 is 11.6 Å². The molecule has 26 heavy (non-hydrogen) atoms. The minimum Gasteiger partial charge on any atom is -0.336 e. The summed E-state index contributed by atoms with van der Waals surface area (Å²) in [5.74, 6) is 0.0215. The first-order valence-corrected chi connectivity index (χ1v) is 8.93. The molecule has 0 bridgehead atoms. The van der Waals surface area contributed by atoms with Crippen LogP contribution in [0.15, 0.2) is 42.9 Å². The highest BCUT2D eigenvalue weighted by Gasteiger charge is 2.22. The summed E-state index contributed by atoms with van der Waals surface area (Å²) in [7, 11) is 0. The molecule has 7 heteroatoms. The molecule has 1 aliphatic heterocycles. The number of pyridine rings is 1. The van der Waals surface area contributed by atoms with Gasteiger partial charge >= 0.3 is 0 Å². The highest BCUT2D eigenvalue weighted by molar-refractivity contribution is 5.92. The molecule has 3 aromatic heterocycles. The van der Waals surface area contributed by atoms with Crippen molar-refractivity contribution in [3.63, 3.8) is 0 Å². The number of aryl methyl sites for hydroxylation is 1. The van der Waals surface area contributed by atoms with Gasteiger partial charge in [-0.2, -0.15) is 5.10 Å². The SMILES string of the molecule is Cc1cccc(C(=O)N2CCCN(Cc3cnn4cccnc34)CC2)n1. The molecule has 134 valence electrons. The lowest BCUT2D eigenvalue weighted by Crippen LogP contribution is -2.35. The van der Waals surface area contributed by atoms with E-state index in [-0.39, 0.29) is 5.91 Å². The maximum absolute atomic E-state index is 12.7. The maximum Gasteiger partial charge on any atom is 0.272 e. The van der Waals surface area contributed by atoms with E-state index in [2.05, 4.69) is 20.0 Å². The van der Waals surface area contributed by atoms with Crippen LogP contribution in [0, 0.1) is 6.92 Å². The Labute approximate surface area is 152 Å². The van der Waals surface area contributed by atoms with Gasteiger partial charge in [-0.3, -0.25) is 9.69 Å². The third-order valence-corrected chi connectivity index (χ3v) is 4.73. The second-order valence-electron chi connectivity index (χ2n) is 6.64. The van der Waals surface area contributed by atoms with E-state index in [0.717, 1.165) is 49.5 Å². The van der Waals surface area contributed by atoms with Gasteiger partial charge in [-0.25, -0.2) is 14.5 Å². The molecule has 7 nitrogen and oxygen atoms in total. The quantitative estimate of drug-likeness (QED) is 0.720. The molecule has 0 saturated carbocycles. The number of carbonyl (C=O) groups excluding carboxylic acids is 1. The van der Waals surface area contributed by atoms with Crippen LogP contribution in [0.1, 0.15) is 28.2 Å². The number of hydrogen-bond donors (Lipinski definition) is 0. The molecule has 0 aromatic carbocycles. The fourth-order valence-corrected chi connectivity index (χ4v) is 3.38. The van der Waals surface area contributed by atoms with Crippen molar-refractivity contribution in [2.45, 2.75) is 19.9 Å². The minimum atomic E-state index is 0.0215. The van der Waals surface area contributed by atoms with Crippen LogP contribution in [-0.4, -0.2) is 61.5 Å². The normalized spacial score (nSPS) is 16.0. The average Bonchev–Trinajstić information content (AvgIpc) is 2.91. The summed E-state index contributed by atoms with van der Waals surface area (Å²) in [5, 5.41) is 4.35. The van der Waals surface area contributed by atoms with E-state index in [1.807, 2.05) is 42.4 Å². The average molecular weight is 350 g/mol. The minimum absolute atomic E-state index is 0.0215. The molecule has 4 heterocycles. The zero-order valence-corrected chi connectivity index (χ0v) is 14.9. The predicted octanol–water partition coefficient (Wildman–Crippen LogP) is 1.78. The van der Waals surface area contributed by atoms with Gasteiger partial charge in [0.2, 0.25) is 0 Å². The topological polar surface area (TPSA) is 66.6 Å². The highest BCUT2D eigenvalue weighted by atomic mass is 16.2. The molecular formula is C19H22N6O. The molecule has 1 fully saturated rings. The number of hydrogen-bond acceptors (Lipinski definition) is 5. The van der Waals surface area contributed by atoms with Crippen LogP contribution in [-0.2, 0) is 6.54 Å². The molecule has 0 aliphatic carbocycles. The first-order valence-electron chi connectivity index (χ1n) is 8.93. The molecular weight excluding hydrogens is 328 g/mol. The summed E-state index contributed by atoms with van der Waals surface area (Å²) in [5.41, 5.74) is 3.41. The van der Waals surface area contributed by atoms with Crippen molar-refractivity contribution < 1.29 is 4.79 Å². The van der Waals surface area contributed by atoms with E-state index in [4.69, 9.17) is 0 Å². The Bertz CT molecular complexity index is 921. The first kappa shape index (κ1) is 16.7. The van der Waals surface area contributed by atoms with E-state index < -0.39 is 0 Å². The predicted molar refractivity (Wildman–Crippen MR) is 97.8 cm³/mol. The number of aromatic nitrogens is 4. The molecule has 1 saturated heterocycles. The smallest absolute Gasteiger partial charge is 0.272 e. The molecule has 0 N–H and O–H groups in total. The van der Waals surface area contributed by atoms with Crippen molar-refractivity contribution in [2.75, 3.05) is 26.2 Å². The van der Waals surface area contributed by atoms with E-state index in [1.54, 1.807) is 16.8 Å². The van der Waals surface area contributed by atoms with Crippen LogP contribution < -0.4 is 0 Å². The Hall–Kier alpha value is -2.80. The van der Waals surface area contributed by atoms with Gasteiger partial charge in [-0.15, -0.1) is 0 Å². The molecule has 1 aliphatic rings. The zero-order chi connectivity index (χ0) is 17.9. The van der Waals surface area contributed by atoms with E-state index in [9.17, 15) is 4.79 Å². The fourth-order valence-electron chi connectivity index (χ4n) is 3.38. The summed E-state index contributed by atoms with van der Waals surface area (Å²) in [6.45, 7) is 5.96. The largest absolute Gasteiger partial charge is 0.336 e. The molecule has 4 rings (SSSR count). The van der Waals surface area contributed by atoms with Crippen molar-refractivity contribution in [3.05, 3.63) is 59.8 Å². The lowest BCUT2D eigenvalue weighted by molar-refractivity contribution is 0.0755. The Morgan fingerprint density at radius 2 is 2.08 bits per heavy atom. The lowest BCUT2D eigenvalue weighted by atomic mass is 10.2. The van der Waals surface area contributed by atoms with Crippen molar-refractivity contribution in [1.29, 1.82) is 0 Å². The van der Waals surface area contributed by atoms with Crippen molar-refractivity contribution in [1.82, 2.24) is 29.4 Å². The van der Waals surface area contributed by atoms with Gasteiger partial charge in [0.25, 0.3) is 5.91 Å². The molecule has 0 spiro atoms. The number of carbonyl (C=O) groups is 1. The van der Waals surface area contributed by atoms with Crippen LogP contribution in [0.4, 0.5) is 0 Å². The number of amides is 1. The van der Waals surface area contributed by atoms with Crippen LogP contribution in [0.3, 0.4) is 0 Å². The maximum atomic E-state index is 12.7. The Morgan fingerprint density at radius 3 is 2.96 bits per heavy atom. The molecule has 0 unspecified atom stereocenters. The number of nitrogens with zero attached hydrogens (tertiary/aromatic N) is 6. The summed E-state index contributed by atoms with van der Waals surface area (Å²) < 4.78 is 1.80. The molecule has 0 radical (unpaired) electrons. The van der Waals surface area contributed by atoms with Gasteiger partial charge in [0, 0.05) is 56.4 Å². The summed E-state index contributed by atoms with van der Waals surface area (Å²) >= 11 is 0. The monoisotopic (exact) mass is 350 g/mol. The highest BCUT2D eigenvalue weighted by Crippen LogP contribution is 2.14. The first-order chi connectivity index (χ1) is 12.7.